The van der Waals surface area contributed by atoms with E-state index in [1.54, 1.807) is 0 Å². The second-order valence-corrected chi connectivity index (χ2v) is 7.95. The molecule has 0 aliphatic carbocycles. The second kappa shape index (κ2) is 9.26. The van der Waals surface area contributed by atoms with Crippen LogP contribution in [-0.4, -0.2) is 5.33 Å². The number of rotatable bonds is 5. The zero-order valence-electron chi connectivity index (χ0n) is 11.7. The Morgan fingerprint density at radius 1 is 1.05 bits per heavy atom. The maximum absolute atomic E-state index is 6.00. The molecule has 0 aromatic heterocycles. The molecule has 0 amide bonds. The van der Waals surface area contributed by atoms with Crippen LogP contribution < -0.4 is 0 Å². The number of alkyl halides is 1. The molecule has 0 fully saturated rings. The Morgan fingerprint density at radius 2 is 1.68 bits per heavy atom. The average molecular weight is 552 g/mol. The van der Waals surface area contributed by atoms with Crippen LogP contribution in [0.2, 0.25) is 5.02 Å². The maximum atomic E-state index is 6.00. The summed E-state index contributed by atoms with van der Waals surface area (Å²) in [7, 11) is 0. The first kappa shape index (κ1) is 18.2. The van der Waals surface area contributed by atoms with Gasteiger partial charge in [-0.1, -0.05) is 73.8 Å². The van der Waals surface area contributed by atoms with Crippen molar-refractivity contribution in [2.24, 2.45) is 0 Å². The molecule has 0 atom stereocenters. The minimum absolute atomic E-state index is 0.760. The number of allylic oxidation sites excluding steroid dienone is 3. The van der Waals surface area contributed by atoms with Crippen molar-refractivity contribution in [3.05, 3.63) is 78.8 Å². The summed E-state index contributed by atoms with van der Waals surface area (Å²) in [6, 6.07) is 16.3. The van der Waals surface area contributed by atoms with Crippen molar-refractivity contribution in [1.82, 2.24) is 0 Å². The van der Waals surface area contributed by atoms with Crippen molar-refractivity contribution >= 4 is 77.7 Å². The number of halogens is 4. The second-order valence-electron chi connectivity index (χ2n) is 4.65. The molecule has 0 aliphatic heterocycles. The topological polar surface area (TPSA) is 0 Å². The molecule has 0 spiro atoms. The number of benzene rings is 2. The summed E-state index contributed by atoms with van der Waals surface area (Å²) >= 11 is 15.4. The first-order valence-electron chi connectivity index (χ1n) is 6.75. The summed E-state index contributed by atoms with van der Waals surface area (Å²) in [5.41, 5.74) is 3.61. The molecule has 0 N–H and O–H groups in total. The quantitative estimate of drug-likeness (QED) is 0.202. The van der Waals surface area contributed by atoms with Crippen LogP contribution in [-0.2, 0) is 0 Å². The first-order chi connectivity index (χ1) is 10.6. The van der Waals surface area contributed by atoms with E-state index in [1.165, 1.54) is 20.3 Å². The largest absolute Gasteiger partial charge is 0.0925 e. The number of hydrogen-bond acceptors (Lipinski definition) is 0. The lowest BCUT2D eigenvalue weighted by atomic mass is 10.0. The van der Waals surface area contributed by atoms with Gasteiger partial charge in [0.05, 0.1) is 0 Å². The van der Waals surface area contributed by atoms with Crippen molar-refractivity contribution in [2.45, 2.75) is 6.42 Å². The SMILES string of the molecule is Clc1ccc(C(=C/CCBr)/C(I)=C/c2ccc(Br)cc2)cc1. The van der Waals surface area contributed by atoms with Gasteiger partial charge < -0.3 is 0 Å². The van der Waals surface area contributed by atoms with E-state index < -0.39 is 0 Å². The Kier molecular flexibility index (Phi) is 7.68. The van der Waals surface area contributed by atoms with Crippen molar-refractivity contribution in [2.75, 3.05) is 5.33 Å². The third kappa shape index (κ3) is 5.52. The summed E-state index contributed by atoms with van der Waals surface area (Å²) in [5.74, 6) is 0. The van der Waals surface area contributed by atoms with Crippen molar-refractivity contribution in [3.63, 3.8) is 0 Å². The van der Waals surface area contributed by atoms with Crippen LogP contribution in [0.5, 0.6) is 0 Å². The minimum atomic E-state index is 0.760. The molecule has 2 rings (SSSR count). The van der Waals surface area contributed by atoms with Gasteiger partial charge in [0.1, 0.15) is 0 Å². The molecule has 4 heteroatoms. The molecular formula is C18H14Br2ClI. The molecule has 0 radical (unpaired) electrons. The molecule has 0 saturated heterocycles. The van der Waals surface area contributed by atoms with E-state index >= 15 is 0 Å². The van der Waals surface area contributed by atoms with Gasteiger partial charge in [-0.2, -0.15) is 0 Å². The molecule has 2 aromatic rings. The molecule has 22 heavy (non-hydrogen) atoms. The van der Waals surface area contributed by atoms with Crippen LogP contribution in [0.1, 0.15) is 17.5 Å². The Labute approximate surface area is 167 Å². The van der Waals surface area contributed by atoms with Crippen LogP contribution in [0.15, 0.2) is 62.7 Å². The standard InChI is InChI=1S/C18H14Br2ClI/c19-11-1-2-17(14-5-9-16(21)10-6-14)18(22)12-13-3-7-15(20)8-4-13/h2-10,12H,1,11H2/b17-2-,18-12-. The van der Waals surface area contributed by atoms with E-state index in [0.29, 0.717) is 0 Å². The third-order valence-corrected chi connectivity index (χ3v) is 5.16. The first-order valence-corrected chi connectivity index (χ1v) is 10.1. The van der Waals surface area contributed by atoms with Crippen molar-refractivity contribution in [3.8, 4) is 0 Å². The Bertz CT molecular complexity index is 673. The van der Waals surface area contributed by atoms with Crippen molar-refractivity contribution < 1.29 is 0 Å². The van der Waals surface area contributed by atoms with E-state index in [9.17, 15) is 0 Å². The van der Waals surface area contributed by atoms with E-state index in [4.69, 9.17) is 11.6 Å². The lowest BCUT2D eigenvalue weighted by molar-refractivity contribution is 1.26. The van der Waals surface area contributed by atoms with Crippen LogP contribution in [0, 0.1) is 0 Å². The van der Waals surface area contributed by atoms with Gasteiger partial charge in [0.25, 0.3) is 0 Å². The molecule has 0 saturated carbocycles. The fourth-order valence-corrected chi connectivity index (χ4v) is 3.48. The predicted octanol–water partition coefficient (Wildman–Crippen LogP) is 7.75. The summed E-state index contributed by atoms with van der Waals surface area (Å²) in [4.78, 5) is 0. The number of hydrogen-bond donors (Lipinski definition) is 0. The van der Waals surface area contributed by atoms with Gasteiger partial charge in [0.2, 0.25) is 0 Å². The highest BCUT2D eigenvalue weighted by Gasteiger charge is 2.06. The smallest absolute Gasteiger partial charge is 0.0406 e. The predicted molar refractivity (Wildman–Crippen MR) is 114 cm³/mol. The van der Waals surface area contributed by atoms with Crippen LogP contribution in [0.4, 0.5) is 0 Å². The lowest BCUT2D eigenvalue weighted by Crippen LogP contribution is -1.86. The fraction of sp³-hybridized carbons (Fsp3) is 0.111. The highest BCUT2D eigenvalue weighted by Crippen LogP contribution is 2.31. The molecule has 2 aromatic carbocycles. The van der Waals surface area contributed by atoms with E-state index in [0.717, 1.165) is 21.2 Å². The van der Waals surface area contributed by atoms with Gasteiger partial charge in [0, 0.05) is 18.4 Å². The highest BCUT2D eigenvalue weighted by atomic mass is 127. The molecule has 0 nitrogen and oxygen atoms in total. The van der Waals surface area contributed by atoms with Gasteiger partial charge in [-0.25, -0.2) is 0 Å². The summed E-state index contributed by atoms with van der Waals surface area (Å²) in [5, 5.41) is 1.71. The Morgan fingerprint density at radius 3 is 2.27 bits per heavy atom. The monoisotopic (exact) mass is 550 g/mol. The summed E-state index contributed by atoms with van der Waals surface area (Å²) in [6.45, 7) is 0. The van der Waals surface area contributed by atoms with E-state index in [2.05, 4.69) is 103 Å². The lowest BCUT2D eigenvalue weighted by Gasteiger charge is -2.08. The summed E-state index contributed by atoms with van der Waals surface area (Å²) < 4.78 is 2.30. The average Bonchev–Trinajstić information content (AvgIpc) is 2.51. The van der Waals surface area contributed by atoms with Gasteiger partial charge in [-0.05, 0) is 76.1 Å². The molecular weight excluding hydrogens is 538 g/mol. The van der Waals surface area contributed by atoms with Gasteiger partial charge in [0.15, 0.2) is 0 Å². The maximum Gasteiger partial charge on any atom is 0.0406 e. The molecule has 0 heterocycles. The van der Waals surface area contributed by atoms with Gasteiger partial charge in [-0.3, -0.25) is 0 Å². The van der Waals surface area contributed by atoms with Crippen LogP contribution in [0.25, 0.3) is 11.6 Å². The normalized spacial score (nSPS) is 12.5. The van der Waals surface area contributed by atoms with Gasteiger partial charge >= 0.3 is 0 Å². The molecule has 114 valence electrons. The third-order valence-electron chi connectivity index (χ3n) is 3.03. The fourth-order valence-electron chi connectivity index (χ4n) is 1.96. The van der Waals surface area contributed by atoms with Crippen molar-refractivity contribution in [1.29, 1.82) is 0 Å². The molecule has 0 bridgehead atoms. The minimum Gasteiger partial charge on any atom is -0.0925 e. The Balaban J connectivity index is 2.36. The zero-order valence-corrected chi connectivity index (χ0v) is 17.8. The molecule has 0 aliphatic rings. The molecule has 0 unspecified atom stereocenters. The van der Waals surface area contributed by atoms with E-state index in [1.807, 2.05) is 12.1 Å². The summed E-state index contributed by atoms with van der Waals surface area (Å²) in [6.07, 6.45) is 5.44. The van der Waals surface area contributed by atoms with Crippen LogP contribution >= 0.6 is 66.1 Å². The zero-order chi connectivity index (χ0) is 15.9. The van der Waals surface area contributed by atoms with E-state index in [-0.39, 0.29) is 0 Å². The van der Waals surface area contributed by atoms with Crippen LogP contribution in [0.3, 0.4) is 0 Å². The Hall–Kier alpha value is -0.100. The van der Waals surface area contributed by atoms with Gasteiger partial charge in [-0.15, -0.1) is 0 Å². The highest BCUT2D eigenvalue weighted by molar-refractivity contribution is 14.1.